The Kier molecular flexibility index (Phi) is 8.22. The van der Waals surface area contributed by atoms with Crippen LogP contribution >= 0.6 is 0 Å². The number of hydrogen-bond acceptors (Lipinski definition) is 1. The van der Waals surface area contributed by atoms with Crippen molar-refractivity contribution in [3.8, 4) is 0 Å². The van der Waals surface area contributed by atoms with E-state index in [0.29, 0.717) is 0 Å². The van der Waals surface area contributed by atoms with Crippen LogP contribution in [0, 0.1) is 0 Å². The molecule has 0 radical (unpaired) electrons. The van der Waals surface area contributed by atoms with Crippen molar-refractivity contribution in [1.82, 2.24) is 9.47 Å². The second kappa shape index (κ2) is 8.50. The summed E-state index contributed by atoms with van der Waals surface area (Å²) in [5, 5.41) is 0. The van der Waals surface area contributed by atoms with Crippen molar-refractivity contribution < 1.29 is 33.3 Å². The average molecular weight is 365 g/mol. The highest BCUT2D eigenvalue weighted by Gasteiger charge is 2.22. The topological polar surface area (TPSA) is 29.1 Å². The number of halogens is 1. The highest BCUT2D eigenvalue weighted by molar-refractivity contribution is 5.76. The Balaban J connectivity index is 0.00000289. The van der Waals surface area contributed by atoms with Gasteiger partial charge in [0.1, 0.15) is 12.4 Å². The van der Waals surface area contributed by atoms with E-state index in [1.165, 1.54) is 12.8 Å². The van der Waals surface area contributed by atoms with E-state index in [9.17, 15) is 4.79 Å². The molecule has 1 aromatic rings. The van der Waals surface area contributed by atoms with Gasteiger partial charge in [-0.15, -0.1) is 0 Å². The molecule has 0 N–H and O–H groups in total. The minimum atomic E-state index is 0. The van der Waals surface area contributed by atoms with Crippen LogP contribution in [0.4, 0.5) is 4.79 Å². The molecule has 0 aliphatic heterocycles. The van der Waals surface area contributed by atoms with E-state index in [1.807, 2.05) is 22.7 Å². The third-order valence-corrected chi connectivity index (χ3v) is 2.86. The van der Waals surface area contributed by atoms with Gasteiger partial charge in [0.25, 0.3) is 6.33 Å². The van der Waals surface area contributed by atoms with E-state index in [-0.39, 0.29) is 36.0 Å². The van der Waals surface area contributed by atoms with Crippen molar-refractivity contribution in [3.63, 3.8) is 0 Å². The maximum Gasteiger partial charge on any atom is 0.416 e. The van der Waals surface area contributed by atoms with Crippen molar-refractivity contribution in [2.75, 3.05) is 6.54 Å². The first-order chi connectivity index (χ1) is 8.06. The van der Waals surface area contributed by atoms with Crippen LogP contribution in [0.2, 0.25) is 0 Å². The summed E-state index contributed by atoms with van der Waals surface area (Å²) in [7, 11) is 1.92. The molecular formula is C13H24IN3O. The zero-order chi connectivity index (χ0) is 12.8. The molecule has 1 rings (SSSR count). The van der Waals surface area contributed by atoms with Crippen LogP contribution in [0.25, 0.3) is 0 Å². The third kappa shape index (κ3) is 4.96. The van der Waals surface area contributed by atoms with Crippen LogP contribution in [-0.2, 0) is 7.05 Å². The Morgan fingerprint density at radius 2 is 2.06 bits per heavy atom. The second-order valence-electron chi connectivity index (χ2n) is 4.76. The number of carbonyl (C=O) groups is 1. The fourth-order valence-electron chi connectivity index (χ4n) is 1.82. The predicted octanol–water partition coefficient (Wildman–Crippen LogP) is -0.815. The molecule has 0 unspecified atom stereocenters. The Hall–Kier alpha value is -0.590. The average Bonchev–Trinajstić information content (AvgIpc) is 2.70. The first kappa shape index (κ1) is 17.4. The van der Waals surface area contributed by atoms with Gasteiger partial charge in [-0.25, -0.2) is 9.36 Å². The smallest absolute Gasteiger partial charge is 0.416 e. The van der Waals surface area contributed by atoms with Gasteiger partial charge in [0.2, 0.25) is 0 Å². The van der Waals surface area contributed by atoms with Crippen LogP contribution in [0.3, 0.4) is 0 Å². The van der Waals surface area contributed by atoms with Crippen LogP contribution in [-0.4, -0.2) is 28.1 Å². The number of hydrogen-bond donors (Lipinski definition) is 0. The van der Waals surface area contributed by atoms with Crippen molar-refractivity contribution >= 4 is 6.03 Å². The van der Waals surface area contributed by atoms with Gasteiger partial charge in [-0.3, -0.25) is 0 Å². The van der Waals surface area contributed by atoms with Crippen molar-refractivity contribution in [3.05, 3.63) is 18.7 Å². The van der Waals surface area contributed by atoms with Gasteiger partial charge in [0, 0.05) is 12.6 Å². The molecule has 0 bridgehead atoms. The van der Waals surface area contributed by atoms with Crippen LogP contribution < -0.4 is 28.5 Å². The molecule has 5 heteroatoms. The molecule has 0 aliphatic carbocycles. The van der Waals surface area contributed by atoms with E-state index in [0.717, 1.165) is 13.0 Å². The second-order valence-corrected chi connectivity index (χ2v) is 4.76. The van der Waals surface area contributed by atoms with Gasteiger partial charge in [0.15, 0.2) is 0 Å². The number of amides is 1. The van der Waals surface area contributed by atoms with Gasteiger partial charge in [-0.2, -0.15) is 4.57 Å². The van der Waals surface area contributed by atoms with E-state index in [4.69, 9.17) is 0 Å². The van der Waals surface area contributed by atoms with Crippen molar-refractivity contribution in [1.29, 1.82) is 0 Å². The van der Waals surface area contributed by atoms with Crippen molar-refractivity contribution in [2.24, 2.45) is 7.05 Å². The van der Waals surface area contributed by atoms with E-state index < -0.39 is 0 Å². The standard InChI is InChI=1S/C13H24N3O.HI/c1-5-6-7-8-16(12(2)3)13(17)15-10-9-14(4)11-15;/h9-12H,5-8H2,1-4H3;1H/q+1;/p-1. The summed E-state index contributed by atoms with van der Waals surface area (Å²) in [6.45, 7) is 7.14. The van der Waals surface area contributed by atoms with Crippen molar-refractivity contribution in [2.45, 2.75) is 46.1 Å². The Bertz CT molecular complexity index is 363. The molecule has 4 nitrogen and oxygen atoms in total. The fraction of sp³-hybridized carbons (Fsp3) is 0.692. The van der Waals surface area contributed by atoms with Gasteiger partial charge in [0.05, 0.1) is 7.05 Å². The molecule has 0 saturated heterocycles. The Labute approximate surface area is 127 Å². The minimum absolute atomic E-state index is 0. The third-order valence-electron chi connectivity index (χ3n) is 2.86. The van der Waals surface area contributed by atoms with Crippen LogP contribution in [0.15, 0.2) is 18.7 Å². The Morgan fingerprint density at radius 1 is 1.39 bits per heavy atom. The number of carbonyl (C=O) groups excluding carboxylic acids is 1. The number of aromatic nitrogens is 2. The number of unbranched alkanes of at least 4 members (excludes halogenated alkanes) is 2. The number of aryl methyl sites for hydroxylation is 1. The van der Waals surface area contributed by atoms with Gasteiger partial charge < -0.3 is 28.9 Å². The predicted molar refractivity (Wildman–Crippen MR) is 67.8 cm³/mol. The lowest BCUT2D eigenvalue weighted by molar-refractivity contribution is -0.670. The molecule has 0 fully saturated rings. The van der Waals surface area contributed by atoms with Crippen LogP contribution in [0.1, 0.15) is 40.0 Å². The number of rotatable bonds is 5. The number of nitrogens with zero attached hydrogens (tertiary/aromatic N) is 3. The molecule has 1 amide bonds. The molecule has 104 valence electrons. The molecule has 0 saturated carbocycles. The summed E-state index contributed by atoms with van der Waals surface area (Å²) in [4.78, 5) is 14.2. The zero-order valence-corrected chi connectivity index (χ0v) is 13.9. The number of imidazole rings is 1. The lowest BCUT2D eigenvalue weighted by Crippen LogP contribution is -3.00. The highest BCUT2D eigenvalue weighted by atomic mass is 127. The summed E-state index contributed by atoms with van der Waals surface area (Å²) < 4.78 is 3.52. The van der Waals surface area contributed by atoms with Crippen LogP contribution in [0.5, 0.6) is 0 Å². The molecule has 0 aromatic carbocycles. The van der Waals surface area contributed by atoms with Gasteiger partial charge >= 0.3 is 6.03 Å². The first-order valence-corrected chi connectivity index (χ1v) is 6.40. The summed E-state index contributed by atoms with van der Waals surface area (Å²) in [5.41, 5.74) is 0. The zero-order valence-electron chi connectivity index (χ0n) is 11.8. The fourth-order valence-corrected chi connectivity index (χ4v) is 1.82. The molecule has 18 heavy (non-hydrogen) atoms. The molecular weight excluding hydrogens is 341 g/mol. The summed E-state index contributed by atoms with van der Waals surface area (Å²) >= 11 is 0. The molecule has 1 aromatic heterocycles. The molecule has 1 heterocycles. The summed E-state index contributed by atoms with van der Waals surface area (Å²) in [5.74, 6) is 0. The highest BCUT2D eigenvalue weighted by Crippen LogP contribution is 2.06. The lowest BCUT2D eigenvalue weighted by atomic mass is 10.2. The van der Waals surface area contributed by atoms with Gasteiger partial charge in [-0.05, 0) is 20.3 Å². The van der Waals surface area contributed by atoms with E-state index >= 15 is 0 Å². The minimum Gasteiger partial charge on any atom is -1.00 e. The maximum absolute atomic E-state index is 12.3. The molecule has 0 aliphatic rings. The summed E-state index contributed by atoms with van der Waals surface area (Å²) in [6.07, 6.45) is 8.92. The SMILES string of the molecule is CCCCCN(C(=O)n1cc[n+](C)c1)C(C)C.[I-]. The monoisotopic (exact) mass is 365 g/mol. The Morgan fingerprint density at radius 3 is 2.50 bits per heavy atom. The molecule has 0 atom stereocenters. The summed E-state index contributed by atoms with van der Waals surface area (Å²) in [6, 6.07) is 0.309. The normalized spacial score (nSPS) is 10.3. The quantitative estimate of drug-likeness (QED) is 0.381. The van der Waals surface area contributed by atoms with E-state index in [1.54, 1.807) is 17.1 Å². The largest absolute Gasteiger partial charge is 1.00 e. The lowest BCUT2D eigenvalue weighted by Gasteiger charge is -2.23. The van der Waals surface area contributed by atoms with Gasteiger partial charge in [-0.1, -0.05) is 19.8 Å². The first-order valence-electron chi connectivity index (χ1n) is 6.40. The maximum atomic E-state index is 12.3. The van der Waals surface area contributed by atoms with E-state index in [2.05, 4.69) is 20.8 Å². The molecule has 0 spiro atoms.